The molecule has 1 aromatic rings. The normalized spacial score (nSPS) is 10.8. The van der Waals surface area contributed by atoms with Crippen LogP contribution in [0.25, 0.3) is 4.85 Å². The summed E-state index contributed by atoms with van der Waals surface area (Å²) in [5.41, 5.74) is -1.41. The fraction of sp³-hybridized carbons (Fsp3) is 0.143. The Morgan fingerprint density at radius 1 is 1.42 bits per heavy atom. The first-order chi connectivity index (χ1) is 5.55. The van der Waals surface area contributed by atoms with Crippen LogP contribution in [0.1, 0.15) is 5.56 Å². The molecule has 2 nitrogen and oxygen atoms in total. The van der Waals surface area contributed by atoms with Crippen molar-refractivity contribution in [2.75, 3.05) is 0 Å². The summed E-state index contributed by atoms with van der Waals surface area (Å²) in [5.74, 6) is 0. The van der Waals surface area contributed by atoms with Crippen molar-refractivity contribution >= 4 is 5.69 Å². The van der Waals surface area contributed by atoms with Gasteiger partial charge in [-0.15, -0.1) is 0 Å². The highest BCUT2D eigenvalue weighted by atomic mass is 19.4. The number of rotatable bonds is 0. The van der Waals surface area contributed by atoms with Crippen LogP contribution in [-0.2, 0) is 6.18 Å². The zero-order chi connectivity index (χ0) is 9.19. The second-order valence-corrected chi connectivity index (χ2v) is 2.00. The number of pyridine rings is 1. The van der Waals surface area contributed by atoms with Crippen molar-refractivity contribution in [1.29, 1.82) is 0 Å². The van der Waals surface area contributed by atoms with Crippen molar-refractivity contribution in [2.24, 2.45) is 0 Å². The second-order valence-electron chi connectivity index (χ2n) is 2.00. The molecule has 0 aliphatic carbocycles. The highest BCUT2D eigenvalue weighted by molar-refractivity contribution is 5.51. The van der Waals surface area contributed by atoms with E-state index in [4.69, 9.17) is 6.57 Å². The summed E-state index contributed by atoms with van der Waals surface area (Å²) in [6.07, 6.45) is -2.56. The number of nitrogens with zero attached hydrogens (tertiary/aromatic N) is 2. The Morgan fingerprint density at radius 3 is 2.50 bits per heavy atom. The van der Waals surface area contributed by atoms with Crippen LogP contribution in [0, 0.1) is 6.57 Å². The number of hydrogen-bond donors (Lipinski definition) is 0. The minimum absolute atomic E-state index is 0.468. The van der Waals surface area contributed by atoms with E-state index in [1.165, 1.54) is 0 Å². The Bertz CT molecular complexity index is 324. The fourth-order valence-corrected chi connectivity index (χ4v) is 0.715. The SMILES string of the molecule is [C-]#[N+]c1cnccc1C(F)(F)F. The molecule has 0 radical (unpaired) electrons. The number of aromatic nitrogens is 1. The van der Waals surface area contributed by atoms with E-state index in [-0.39, 0.29) is 0 Å². The molecule has 0 unspecified atom stereocenters. The van der Waals surface area contributed by atoms with E-state index >= 15 is 0 Å². The predicted octanol–water partition coefficient (Wildman–Crippen LogP) is 2.65. The summed E-state index contributed by atoms with van der Waals surface area (Å²) in [5, 5.41) is 0. The van der Waals surface area contributed by atoms with Crippen LogP contribution >= 0.6 is 0 Å². The summed E-state index contributed by atoms with van der Waals surface area (Å²) in [4.78, 5) is 6.12. The average molecular weight is 172 g/mol. The summed E-state index contributed by atoms with van der Waals surface area (Å²) in [6.45, 7) is 6.45. The Morgan fingerprint density at radius 2 is 2.08 bits per heavy atom. The van der Waals surface area contributed by atoms with Crippen LogP contribution in [0.2, 0.25) is 0 Å². The second kappa shape index (κ2) is 2.81. The third kappa shape index (κ3) is 1.53. The van der Waals surface area contributed by atoms with E-state index in [1.807, 2.05) is 0 Å². The minimum atomic E-state index is -4.47. The van der Waals surface area contributed by atoms with E-state index in [2.05, 4.69) is 9.83 Å². The molecule has 0 fully saturated rings. The molecule has 0 aromatic carbocycles. The molecule has 0 aliphatic heterocycles. The largest absolute Gasteiger partial charge is 0.407 e. The van der Waals surface area contributed by atoms with Crippen molar-refractivity contribution < 1.29 is 13.2 Å². The molecule has 0 amide bonds. The molecule has 12 heavy (non-hydrogen) atoms. The third-order valence-electron chi connectivity index (χ3n) is 1.23. The maximum atomic E-state index is 12.1. The van der Waals surface area contributed by atoms with E-state index in [0.717, 1.165) is 18.5 Å². The van der Waals surface area contributed by atoms with Crippen LogP contribution in [0.4, 0.5) is 18.9 Å². The molecule has 0 saturated carbocycles. The topological polar surface area (TPSA) is 17.2 Å². The first kappa shape index (κ1) is 8.53. The van der Waals surface area contributed by atoms with Gasteiger partial charge in [0.15, 0.2) is 0 Å². The van der Waals surface area contributed by atoms with E-state index in [9.17, 15) is 13.2 Å². The maximum absolute atomic E-state index is 12.1. The molecular formula is C7H3F3N2. The summed E-state index contributed by atoms with van der Waals surface area (Å²) < 4.78 is 36.2. The molecule has 1 rings (SSSR count). The van der Waals surface area contributed by atoms with E-state index in [0.29, 0.717) is 0 Å². The van der Waals surface area contributed by atoms with Crippen molar-refractivity contribution in [3.05, 3.63) is 35.4 Å². The lowest BCUT2D eigenvalue weighted by Gasteiger charge is -2.06. The lowest BCUT2D eigenvalue weighted by molar-refractivity contribution is -0.136. The van der Waals surface area contributed by atoms with Gasteiger partial charge in [-0.3, -0.25) is 4.98 Å². The highest BCUT2D eigenvalue weighted by Gasteiger charge is 2.32. The standard InChI is InChI=1S/C7H3F3N2/c1-11-6-4-12-3-2-5(6)7(8,9)10/h2-4H. The summed E-state index contributed by atoms with van der Waals surface area (Å²) in [6, 6.07) is 0.785. The Balaban J connectivity index is 3.26. The van der Waals surface area contributed by atoms with E-state index in [1.54, 1.807) is 0 Å². The zero-order valence-corrected chi connectivity index (χ0v) is 5.76. The van der Waals surface area contributed by atoms with Crippen molar-refractivity contribution in [1.82, 2.24) is 4.98 Å². The molecule has 0 saturated heterocycles. The molecular weight excluding hydrogens is 169 g/mol. The smallest absolute Gasteiger partial charge is 0.276 e. The predicted molar refractivity (Wildman–Crippen MR) is 35.5 cm³/mol. The first-order valence-electron chi connectivity index (χ1n) is 2.94. The van der Waals surface area contributed by atoms with Crippen LogP contribution < -0.4 is 0 Å². The van der Waals surface area contributed by atoms with Crippen LogP contribution in [0.3, 0.4) is 0 Å². The Kier molecular flexibility index (Phi) is 2.00. The zero-order valence-electron chi connectivity index (χ0n) is 5.76. The maximum Gasteiger partial charge on any atom is 0.407 e. The van der Waals surface area contributed by atoms with Gasteiger partial charge in [-0.1, -0.05) is 0 Å². The molecule has 1 aromatic heterocycles. The first-order valence-corrected chi connectivity index (χ1v) is 2.94. The van der Waals surface area contributed by atoms with Gasteiger partial charge in [-0.05, 0) is 6.07 Å². The van der Waals surface area contributed by atoms with Crippen molar-refractivity contribution in [2.45, 2.75) is 6.18 Å². The van der Waals surface area contributed by atoms with Gasteiger partial charge in [0.25, 0.3) is 0 Å². The molecule has 0 N–H and O–H groups in total. The van der Waals surface area contributed by atoms with Crippen molar-refractivity contribution in [3.8, 4) is 0 Å². The lowest BCUT2D eigenvalue weighted by Crippen LogP contribution is -2.04. The van der Waals surface area contributed by atoms with Crippen LogP contribution in [-0.4, -0.2) is 4.98 Å². The average Bonchev–Trinajstić information content (AvgIpc) is 2.03. The fourth-order valence-electron chi connectivity index (χ4n) is 0.715. The molecule has 0 bridgehead atoms. The van der Waals surface area contributed by atoms with Gasteiger partial charge in [0.1, 0.15) is 0 Å². The monoisotopic (exact) mass is 172 g/mol. The number of alkyl halides is 3. The molecule has 0 atom stereocenters. The van der Waals surface area contributed by atoms with E-state index < -0.39 is 17.4 Å². The van der Waals surface area contributed by atoms with Gasteiger partial charge in [-0.25, -0.2) is 4.85 Å². The Hall–Kier alpha value is -1.57. The molecule has 1 heterocycles. The molecule has 62 valence electrons. The molecule has 5 heteroatoms. The van der Waals surface area contributed by atoms with Gasteiger partial charge in [0.05, 0.1) is 12.1 Å². The Labute approximate surface area is 66.5 Å². The quantitative estimate of drug-likeness (QED) is 0.550. The van der Waals surface area contributed by atoms with Gasteiger partial charge < -0.3 is 0 Å². The van der Waals surface area contributed by atoms with Crippen molar-refractivity contribution in [3.63, 3.8) is 0 Å². The number of hydrogen-bond acceptors (Lipinski definition) is 1. The summed E-state index contributed by atoms with van der Waals surface area (Å²) >= 11 is 0. The van der Waals surface area contributed by atoms with Crippen LogP contribution in [0.15, 0.2) is 18.5 Å². The van der Waals surface area contributed by atoms with Gasteiger partial charge in [0.2, 0.25) is 5.69 Å². The summed E-state index contributed by atoms with van der Waals surface area (Å²) in [7, 11) is 0. The highest BCUT2D eigenvalue weighted by Crippen LogP contribution is 2.35. The minimum Gasteiger partial charge on any atom is -0.276 e. The van der Waals surface area contributed by atoms with Crippen LogP contribution in [0.5, 0.6) is 0 Å². The van der Waals surface area contributed by atoms with Gasteiger partial charge in [0, 0.05) is 12.4 Å². The molecule has 0 aliphatic rings. The number of halogens is 3. The third-order valence-corrected chi connectivity index (χ3v) is 1.23. The van der Waals surface area contributed by atoms with Gasteiger partial charge >= 0.3 is 6.18 Å². The van der Waals surface area contributed by atoms with Gasteiger partial charge in [-0.2, -0.15) is 13.2 Å². The lowest BCUT2D eigenvalue weighted by atomic mass is 10.2. The molecule has 0 spiro atoms.